The summed E-state index contributed by atoms with van der Waals surface area (Å²) in [7, 11) is -7.47. The molecule has 0 bridgehead atoms. The Kier molecular flexibility index (Phi) is 5.42. The van der Waals surface area contributed by atoms with E-state index in [1.54, 1.807) is 0 Å². The third-order valence-electron chi connectivity index (χ3n) is 2.45. The molecule has 7 nitrogen and oxygen atoms in total. The van der Waals surface area contributed by atoms with E-state index in [4.69, 9.17) is 5.11 Å². The van der Waals surface area contributed by atoms with Crippen LogP contribution >= 0.6 is 0 Å². The summed E-state index contributed by atoms with van der Waals surface area (Å²) >= 11 is 0. The Hall–Kier alpha value is -1.52. The number of rotatable bonds is 7. The maximum absolute atomic E-state index is 13.1. The molecule has 1 aromatic rings. The molecule has 21 heavy (non-hydrogen) atoms. The zero-order valence-corrected chi connectivity index (χ0v) is 12.7. The smallest absolute Gasteiger partial charge is 0.337 e. The van der Waals surface area contributed by atoms with Crippen molar-refractivity contribution in [2.24, 2.45) is 0 Å². The second-order valence-electron chi connectivity index (χ2n) is 4.33. The molecule has 0 saturated heterocycles. The molecule has 0 aliphatic rings. The zero-order chi connectivity index (χ0) is 16.3. The van der Waals surface area contributed by atoms with Gasteiger partial charge in [-0.15, -0.1) is 0 Å². The van der Waals surface area contributed by atoms with Gasteiger partial charge in [-0.05, 0) is 24.6 Å². The highest BCUT2D eigenvalue weighted by Gasteiger charge is 2.22. The molecule has 0 fully saturated rings. The molecule has 0 radical (unpaired) electrons. The Morgan fingerprint density at radius 2 is 1.90 bits per heavy atom. The molecule has 1 aromatic carbocycles. The Morgan fingerprint density at radius 3 is 2.43 bits per heavy atom. The van der Waals surface area contributed by atoms with E-state index in [1.807, 2.05) is 4.72 Å². The van der Waals surface area contributed by atoms with Crippen molar-refractivity contribution in [1.29, 1.82) is 0 Å². The highest BCUT2D eigenvalue weighted by molar-refractivity contribution is 7.90. The van der Waals surface area contributed by atoms with Crippen LogP contribution in [0.5, 0.6) is 0 Å². The quantitative estimate of drug-likeness (QED) is 0.687. The molecular formula is C11H14FNO6S2. The van der Waals surface area contributed by atoms with Crippen LogP contribution in [0.25, 0.3) is 0 Å². The summed E-state index contributed by atoms with van der Waals surface area (Å²) < 4.78 is 60.9. The number of halogens is 1. The van der Waals surface area contributed by atoms with E-state index < -0.39 is 42.1 Å². The first-order valence-electron chi connectivity index (χ1n) is 5.73. The van der Waals surface area contributed by atoms with Crippen LogP contribution in [0.4, 0.5) is 4.39 Å². The third kappa shape index (κ3) is 5.40. The van der Waals surface area contributed by atoms with Crippen molar-refractivity contribution in [3.63, 3.8) is 0 Å². The predicted octanol–water partition coefficient (Wildman–Crippen LogP) is 0.237. The molecule has 1 rings (SSSR count). The van der Waals surface area contributed by atoms with Crippen molar-refractivity contribution in [3.05, 3.63) is 29.6 Å². The average molecular weight is 339 g/mol. The van der Waals surface area contributed by atoms with E-state index in [1.165, 1.54) is 0 Å². The van der Waals surface area contributed by atoms with Crippen LogP contribution in [0.3, 0.4) is 0 Å². The number of hydrogen-bond acceptors (Lipinski definition) is 5. The minimum atomic E-state index is -4.24. The van der Waals surface area contributed by atoms with Gasteiger partial charge in [-0.3, -0.25) is 0 Å². The molecular weight excluding hydrogens is 325 g/mol. The fourth-order valence-electron chi connectivity index (χ4n) is 1.51. The summed E-state index contributed by atoms with van der Waals surface area (Å²) in [6.45, 7) is -0.203. The highest BCUT2D eigenvalue weighted by atomic mass is 32.2. The molecule has 0 unspecified atom stereocenters. The standard InChI is InChI=1S/C11H14FNO6S2/c1-20(16,17)6-2-5-13-21(18,19)10-7-8(12)3-4-9(10)11(14)15/h3-4,7,13H,2,5-6H2,1H3,(H,14,15). The van der Waals surface area contributed by atoms with Crippen LogP contribution < -0.4 is 4.72 Å². The number of hydrogen-bond donors (Lipinski definition) is 2. The van der Waals surface area contributed by atoms with Gasteiger partial charge in [-0.1, -0.05) is 0 Å². The fourth-order valence-corrected chi connectivity index (χ4v) is 3.46. The van der Waals surface area contributed by atoms with Crippen molar-refractivity contribution in [2.45, 2.75) is 11.3 Å². The molecule has 0 atom stereocenters. The second-order valence-corrected chi connectivity index (χ2v) is 8.32. The van der Waals surface area contributed by atoms with Crippen molar-refractivity contribution in [2.75, 3.05) is 18.6 Å². The summed E-state index contributed by atoms with van der Waals surface area (Å²) in [6.07, 6.45) is 1.03. The summed E-state index contributed by atoms with van der Waals surface area (Å²) in [6, 6.07) is 2.29. The lowest BCUT2D eigenvalue weighted by Gasteiger charge is -2.09. The van der Waals surface area contributed by atoms with Crippen LogP contribution in [0.2, 0.25) is 0 Å². The predicted molar refractivity (Wildman–Crippen MR) is 72.9 cm³/mol. The molecule has 2 N–H and O–H groups in total. The first-order chi connectivity index (χ1) is 9.53. The van der Waals surface area contributed by atoms with Crippen LogP contribution in [0.1, 0.15) is 16.8 Å². The van der Waals surface area contributed by atoms with Gasteiger partial charge >= 0.3 is 5.97 Å². The molecule has 0 aliphatic carbocycles. The van der Waals surface area contributed by atoms with E-state index in [2.05, 4.69) is 0 Å². The average Bonchev–Trinajstić information content (AvgIpc) is 2.33. The zero-order valence-electron chi connectivity index (χ0n) is 11.0. The van der Waals surface area contributed by atoms with Crippen molar-refractivity contribution in [3.8, 4) is 0 Å². The van der Waals surface area contributed by atoms with Crippen molar-refractivity contribution >= 4 is 25.8 Å². The monoisotopic (exact) mass is 339 g/mol. The number of carbonyl (C=O) groups is 1. The number of benzene rings is 1. The lowest BCUT2D eigenvalue weighted by atomic mass is 10.2. The van der Waals surface area contributed by atoms with E-state index >= 15 is 0 Å². The first-order valence-corrected chi connectivity index (χ1v) is 9.27. The summed E-state index contributed by atoms with van der Waals surface area (Å²) in [5.74, 6) is -2.62. The Labute approximate surface area is 121 Å². The van der Waals surface area contributed by atoms with E-state index in [9.17, 15) is 26.0 Å². The van der Waals surface area contributed by atoms with Crippen molar-refractivity contribution < 1.29 is 31.1 Å². The number of sulfonamides is 1. The van der Waals surface area contributed by atoms with Crippen LogP contribution in [-0.2, 0) is 19.9 Å². The van der Waals surface area contributed by atoms with Gasteiger partial charge in [0.1, 0.15) is 15.7 Å². The molecule has 0 aliphatic heterocycles. The van der Waals surface area contributed by atoms with Gasteiger partial charge in [-0.2, -0.15) is 0 Å². The van der Waals surface area contributed by atoms with Gasteiger partial charge in [0.25, 0.3) is 0 Å². The van der Waals surface area contributed by atoms with Gasteiger partial charge in [0.15, 0.2) is 0 Å². The molecule has 118 valence electrons. The lowest BCUT2D eigenvalue weighted by Crippen LogP contribution is -2.27. The SMILES string of the molecule is CS(=O)(=O)CCCNS(=O)(=O)c1cc(F)ccc1C(=O)O. The van der Waals surface area contributed by atoms with Gasteiger partial charge in [0, 0.05) is 12.8 Å². The van der Waals surface area contributed by atoms with E-state index in [-0.39, 0.29) is 18.7 Å². The molecule has 10 heteroatoms. The van der Waals surface area contributed by atoms with Gasteiger partial charge in [0.05, 0.1) is 16.2 Å². The summed E-state index contributed by atoms with van der Waals surface area (Å²) in [5, 5.41) is 8.90. The minimum absolute atomic E-state index is 0.0236. The number of sulfone groups is 1. The lowest BCUT2D eigenvalue weighted by molar-refractivity contribution is 0.0692. The number of nitrogens with one attached hydrogen (secondary N) is 1. The Morgan fingerprint density at radius 1 is 1.29 bits per heavy atom. The second kappa shape index (κ2) is 6.50. The molecule has 0 aromatic heterocycles. The fraction of sp³-hybridized carbons (Fsp3) is 0.364. The number of carboxylic acid groups (broad SMARTS) is 1. The molecule has 0 heterocycles. The summed E-state index contributed by atoms with van der Waals surface area (Å²) in [5.41, 5.74) is -0.563. The van der Waals surface area contributed by atoms with Gasteiger partial charge in [-0.25, -0.2) is 30.7 Å². The number of aromatic carboxylic acids is 1. The topological polar surface area (TPSA) is 118 Å². The molecule has 0 amide bonds. The third-order valence-corrected chi connectivity index (χ3v) is 4.98. The highest BCUT2D eigenvalue weighted by Crippen LogP contribution is 2.17. The maximum atomic E-state index is 13.1. The van der Waals surface area contributed by atoms with Crippen LogP contribution in [-0.4, -0.2) is 46.5 Å². The largest absolute Gasteiger partial charge is 0.478 e. The minimum Gasteiger partial charge on any atom is -0.478 e. The normalized spacial score (nSPS) is 12.3. The van der Waals surface area contributed by atoms with Crippen LogP contribution in [0, 0.1) is 5.82 Å². The van der Waals surface area contributed by atoms with Gasteiger partial charge in [0.2, 0.25) is 10.0 Å². The number of carboxylic acids is 1. The molecule has 0 saturated carbocycles. The van der Waals surface area contributed by atoms with Gasteiger partial charge < -0.3 is 5.11 Å². The Bertz CT molecular complexity index is 742. The van der Waals surface area contributed by atoms with E-state index in [0.29, 0.717) is 6.07 Å². The summed E-state index contributed by atoms with van der Waals surface area (Å²) in [4.78, 5) is 10.2. The Balaban J connectivity index is 2.93. The first kappa shape index (κ1) is 17.5. The molecule has 0 spiro atoms. The maximum Gasteiger partial charge on any atom is 0.337 e. The van der Waals surface area contributed by atoms with Crippen molar-refractivity contribution in [1.82, 2.24) is 4.72 Å². The van der Waals surface area contributed by atoms with E-state index in [0.717, 1.165) is 18.4 Å². The van der Waals surface area contributed by atoms with Crippen LogP contribution in [0.15, 0.2) is 23.1 Å².